The third kappa shape index (κ3) is 6.04. The Morgan fingerprint density at radius 1 is 0.456 bits per heavy atom. The van der Waals surface area contributed by atoms with Gasteiger partial charge in [0.1, 0.15) is 0 Å². The third-order valence-corrected chi connectivity index (χ3v) is 14.2. The molecule has 9 aromatic rings. The van der Waals surface area contributed by atoms with E-state index in [1.807, 2.05) is 29.2 Å². The van der Waals surface area contributed by atoms with Crippen LogP contribution in [0.25, 0.3) is 87.5 Å². The zero-order valence-corrected chi connectivity index (χ0v) is 32.9. The molecular weight excluding hydrogens is 729 g/mol. The molecule has 4 heteroatoms. The predicted octanol–water partition coefficient (Wildman–Crippen LogP) is 14.7. The lowest BCUT2D eigenvalue weighted by molar-refractivity contribution is 0.620. The molecule has 0 amide bonds. The largest absolute Gasteiger partial charge is 0.228 e. The molecule has 0 fully saturated rings. The van der Waals surface area contributed by atoms with E-state index in [1.54, 1.807) is 0 Å². The number of hydrogen-bond acceptors (Lipinski definition) is 4. The number of aromatic nitrogens is 2. The van der Waals surface area contributed by atoms with Gasteiger partial charge in [0, 0.05) is 52.4 Å². The Balaban J connectivity index is 1.10. The van der Waals surface area contributed by atoms with E-state index in [0.717, 1.165) is 33.6 Å². The molecule has 0 spiro atoms. The van der Waals surface area contributed by atoms with E-state index in [0.29, 0.717) is 11.1 Å². The number of thioether (sulfide) groups is 1. The van der Waals surface area contributed by atoms with Gasteiger partial charge in [-0.25, -0.2) is 9.97 Å². The molecule has 57 heavy (non-hydrogen) atoms. The highest BCUT2D eigenvalue weighted by molar-refractivity contribution is 8.00. The van der Waals surface area contributed by atoms with Crippen LogP contribution in [0.4, 0.5) is 0 Å². The minimum atomic E-state index is -0.0432. The fraction of sp³-hybridized carbons (Fsp3) is 0.0566. The van der Waals surface area contributed by atoms with E-state index >= 15 is 0 Å². The Morgan fingerprint density at radius 3 is 1.84 bits per heavy atom. The van der Waals surface area contributed by atoms with Gasteiger partial charge in [0.2, 0.25) is 0 Å². The van der Waals surface area contributed by atoms with Crippen LogP contribution in [0.1, 0.15) is 12.5 Å². The summed E-state index contributed by atoms with van der Waals surface area (Å²) in [5.41, 5.74) is 13.3. The van der Waals surface area contributed by atoms with Crippen LogP contribution in [0, 0.1) is 0 Å². The summed E-state index contributed by atoms with van der Waals surface area (Å²) in [6.07, 6.45) is 9.11. The van der Waals surface area contributed by atoms with Crippen LogP contribution in [-0.4, -0.2) is 15.2 Å². The van der Waals surface area contributed by atoms with Crippen LogP contribution in [-0.2, 0) is 5.41 Å². The van der Waals surface area contributed by atoms with Gasteiger partial charge in [-0.1, -0.05) is 146 Å². The zero-order chi connectivity index (χ0) is 37.9. The Kier molecular flexibility index (Phi) is 8.16. The SMILES string of the molecule is CC12C=CC=CC1Sc1ccc(-c3cc(-c4ccc5sc6ccccc6c5c4)cc(-c4cc(-c5ccc(-c6ccccc6)cc5)nc(-c5ccccc5)n4)c3)cc12. The van der Waals surface area contributed by atoms with Gasteiger partial charge in [0.05, 0.1) is 11.4 Å². The van der Waals surface area contributed by atoms with Crippen molar-refractivity contribution in [2.75, 3.05) is 0 Å². The summed E-state index contributed by atoms with van der Waals surface area (Å²) in [6.45, 7) is 2.38. The van der Waals surface area contributed by atoms with Crippen molar-refractivity contribution in [3.05, 3.63) is 200 Å². The minimum Gasteiger partial charge on any atom is -0.228 e. The van der Waals surface area contributed by atoms with Crippen molar-refractivity contribution in [2.45, 2.75) is 22.5 Å². The monoisotopic (exact) mass is 764 g/mol. The molecule has 2 unspecified atom stereocenters. The zero-order valence-electron chi connectivity index (χ0n) is 31.3. The topological polar surface area (TPSA) is 25.8 Å². The summed E-state index contributed by atoms with van der Waals surface area (Å²) in [6, 6.07) is 61.4. The summed E-state index contributed by atoms with van der Waals surface area (Å²) in [4.78, 5) is 11.9. The van der Waals surface area contributed by atoms with Gasteiger partial charge in [-0.15, -0.1) is 23.1 Å². The minimum absolute atomic E-state index is 0.0432. The molecule has 0 N–H and O–H groups in total. The number of benzene rings is 7. The van der Waals surface area contributed by atoms with Crippen LogP contribution < -0.4 is 0 Å². The molecule has 0 bridgehead atoms. The van der Waals surface area contributed by atoms with Crippen LogP contribution >= 0.6 is 23.1 Å². The van der Waals surface area contributed by atoms with Crippen LogP contribution in [0.3, 0.4) is 0 Å². The molecule has 0 saturated heterocycles. The number of fused-ring (bicyclic) bond motifs is 6. The normalized spacial score (nSPS) is 16.9. The van der Waals surface area contributed by atoms with E-state index in [-0.39, 0.29) is 5.41 Å². The molecule has 11 rings (SSSR count). The van der Waals surface area contributed by atoms with Gasteiger partial charge in [0.25, 0.3) is 0 Å². The van der Waals surface area contributed by atoms with Crippen LogP contribution in [0.5, 0.6) is 0 Å². The maximum atomic E-state index is 5.31. The average molecular weight is 765 g/mol. The highest BCUT2D eigenvalue weighted by atomic mass is 32.2. The highest BCUT2D eigenvalue weighted by Crippen LogP contribution is 2.53. The first kappa shape index (κ1) is 34.0. The number of allylic oxidation sites excluding steroid dienone is 3. The van der Waals surface area contributed by atoms with Gasteiger partial charge in [-0.05, 0) is 93.5 Å². The molecule has 1 aliphatic carbocycles. The Bertz CT molecular complexity index is 3050. The van der Waals surface area contributed by atoms with Crippen molar-refractivity contribution in [3.63, 3.8) is 0 Å². The molecule has 2 nitrogen and oxygen atoms in total. The van der Waals surface area contributed by atoms with E-state index < -0.39 is 0 Å². The smallest absolute Gasteiger partial charge is 0.160 e. The molecule has 7 aromatic carbocycles. The van der Waals surface area contributed by atoms with E-state index in [9.17, 15) is 0 Å². The van der Waals surface area contributed by atoms with Gasteiger partial charge in [-0.2, -0.15) is 0 Å². The fourth-order valence-electron chi connectivity index (χ4n) is 8.43. The lowest BCUT2D eigenvalue weighted by Crippen LogP contribution is -2.28. The maximum Gasteiger partial charge on any atom is 0.160 e. The summed E-state index contributed by atoms with van der Waals surface area (Å²) < 4.78 is 2.61. The molecule has 0 saturated carbocycles. The summed E-state index contributed by atoms with van der Waals surface area (Å²) in [5.74, 6) is 0.707. The third-order valence-electron chi connectivity index (χ3n) is 11.6. The first-order chi connectivity index (χ1) is 28.1. The molecule has 0 radical (unpaired) electrons. The molecule has 2 aromatic heterocycles. The van der Waals surface area contributed by atoms with Crippen LogP contribution in [0.15, 0.2) is 199 Å². The Morgan fingerprint density at radius 2 is 1.05 bits per heavy atom. The van der Waals surface area contributed by atoms with Gasteiger partial charge in [-0.3, -0.25) is 0 Å². The van der Waals surface area contributed by atoms with Gasteiger partial charge >= 0.3 is 0 Å². The average Bonchev–Trinajstić information content (AvgIpc) is 3.80. The summed E-state index contributed by atoms with van der Waals surface area (Å²) in [5, 5.41) is 3.00. The van der Waals surface area contributed by atoms with Crippen molar-refractivity contribution >= 4 is 43.3 Å². The lowest BCUT2D eigenvalue weighted by Gasteiger charge is -2.28. The van der Waals surface area contributed by atoms with Crippen molar-refractivity contribution in [2.24, 2.45) is 0 Å². The predicted molar refractivity (Wildman–Crippen MR) is 243 cm³/mol. The number of thiophene rings is 1. The number of rotatable bonds is 6. The van der Waals surface area contributed by atoms with Crippen molar-refractivity contribution in [1.29, 1.82) is 0 Å². The fourth-order valence-corrected chi connectivity index (χ4v) is 11.0. The molecule has 2 atom stereocenters. The number of nitrogens with zero attached hydrogens (tertiary/aromatic N) is 2. The second-order valence-corrected chi connectivity index (χ2v) is 17.4. The van der Waals surface area contributed by atoms with Crippen molar-refractivity contribution in [3.8, 4) is 67.3 Å². The molecule has 2 aliphatic rings. The first-order valence-electron chi connectivity index (χ1n) is 19.4. The van der Waals surface area contributed by atoms with E-state index in [1.165, 1.54) is 58.4 Å². The summed E-state index contributed by atoms with van der Waals surface area (Å²) in [7, 11) is 0. The van der Waals surface area contributed by atoms with E-state index in [2.05, 4.69) is 195 Å². The van der Waals surface area contributed by atoms with Crippen molar-refractivity contribution in [1.82, 2.24) is 9.97 Å². The van der Waals surface area contributed by atoms with Crippen molar-refractivity contribution < 1.29 is 0 Å². The standard InChI is InChI=1S/C53H36N2S2/c1-53-27-11-10-18-51(53)57-50-26-24-39(32-45(50)53)41-28-40(38-23-25-49-44(31-38)43-16-8-9-17-48(43)56-49)29-42(30-41)47-33-46(54-52(55-47)37-14-6-3-7-15-37)36-21-19-35(20-22-36)34-12-4-2-5-13-34/h2-33,51H,1H3. The van der Waals surface area contributed by atoms with Gasteiger partial charge < -0.3 is 0 Å². The molecular formula is C53H36N2S2. The summed E-state index contributed by atoms with van der Waals surface area (Å²) >= 11 is 3.82. The molecule has 3 heterocycles. The van der Waals surface area contributed by atoms with Crippen LogP contribution in [0.2, 0.25) is 0 Å². The maximum absolute atomic E-state index is 5.31. The molecule has 1 aliphatic heterocycles. The van der Waals surface area contributed by atoms with E-state index in [4.69, 9.17) is 9.97 Å². The lowest BCUT2D eigenvalue weighted by atomic mass is 9.76. The molecule has 270 valence electrons. The number of hydrogen-bond donors (Lipinski definition) is 0. The quantitative estimate of drug-likeness (QED) is 0.169. The highest BCUT2D eigenvalue weighted by Gasteiger charge is 2.41. The second-order valence-electron chi connectivity index (χ2n) is 15.2. The Labute approximate surface area is 341 Å². The van der Waals surface area contributed by atoms with Gasteiger partial charge in [0.15, 0.2) is 5.82 Å². The Hall–Kier alpha value is -6.33. The first-order valence-corrected chi connectivity index (χ1v) is 21.1. The second kappa shape index (κ2) is 13.7.